The lowest BCUT2D eigenvalue weighted by atomic mass is 10.0. The quantitative estimate of drug-likeness (QED) is 0.439. The van der Waals surface area contributed by atoms with E-state index in [0.717, 1.165) is 44.9 Å². The van der Waals surface area contributed by atoms with Gasteiger partial charge in [0.15, 0.2) is 0 Å². The molecule has 0 N–H and O–H groups in total. The van der Waals surface area contributed by atoms with Crippen LogP contribution in [-0.4, -0.2) is 17.9 Å². The smallest absolute Gasteiger partial charge is 0.213 e. The lowest BCUT2D eigenvalue weighted by Crippen LogP contribution is -1.93. The number of carbonyl (C=O) groups is 1. The summed E-state index contributed by atoms with van der Waals surface area (Å²) < 4.78 is 17.3. The van der Waals surface area contributed by atoms with Crippen molar-refractivity contribution in [3.63, 3.8) is 0 Å². The summed E-state index contributed by atoms with van der Waals surface area (Å²) in [6.07, 6.45) is 2.69. The number of ether oxygens (including phenoxy) is 1. The minimum atomic E-state index is 0.131. The Morgan fingerprint density at radius 1 is 1.07 bits per heavy atom. The number of hydrogen-bond acceptors (Lipinski definition) is 5. The first-order valence-electron chi connectivity index (χ1n) is 9.17. The summed E-state index contributed by atoms with van der Waals surface area (Å²) in [5.41, 5.74) is 3.67. The van der Waals surface area contributed by atoms with E-state index in [1.807, 2.05) is 49.4 Å². The van der Waals surface area contributed by atoms with E-state index in [2.05, 4.69) is 4.98 Å². The van der Waals surface area contributed by atoms with Gasteiger partial charge in [-0.15, -0.1) is 0 Å². The molecule has 4 aromatic rings. The molecule has 0 spiro atoms. The second-order valence-corrected chi connectivity index (χ2v) is 6.81. The Bertz CT molecular complexity index is 1150. The number of aromatic nitrogens is 1. The molecule has 0 atom stereocenters. The zero-order chi connectivity index (χ0) is 19.7. The number of ketones is 1. The van der Waals surface area contributed by atoms with E-state index >= 15 is 0 Å². The number of rotatable bonds is 6. The van der Waals surface area contributed by atoms with Crippen LogP contribution >= 0.6 is 0 Å². The molecule has 3 heterocycles. The highest BCUT2D eigenvalue weighted by atomic mass is 16.5. The number of hydrogen-bond donors (Lipinski definition) is 0. The molecule has 0 aliphatic rings. The maximum Gasteiger partial charge on any atom is 0.213 e. The standard InChI is InChI=1S/C23H21NO4/c1-14(25)4-8-20-23(19-9-5-15(2)27-19)18-7-6-16(12-21(18)28-20)17-10-11-24-22(13-17)26-3/h5-7,9-13H,4,8H2,1-3H3. The lowest BCUT2D eigenvalue weighted by molar-refractivity contribution is -0.117. The Kier molecular flexibility index (Phi) is 4.74. The van der Waals surface area contributed by atoms with Gasteiger partial charge < -0.3 is 18.4 Å². The fraction of sp³-hybridized carbons (Fsp3) is 0.217. The Hall–Kier alpha value is -3.34. The molecule has 0 saturated heterocycles. The Balaban J connectivity index is 1.84. The maximum absolute atomic E-state index is 11.5. The Morgan fingerprint density at radius 2 is 1.89 bits per heavy atom. The monoisotopic (exact) mass is 375 g/mol. The van der Waals surface area contributed by atoms with Crippen LogP contribution in [0.3, 0.4) is 0 Å². The molecule has 142 valence electrons. The van der Waals surface area contributed by atoms with Crippen LogP contribution in [0.5, 0.6) is 5.88 Å². The van der Waals surface area contributed by atoms with Crippen molar-refractivity contribution in [3.05, 3.63) is 60.2 Å². The zero-order valence-corrected chi connectivity index (χ0v) is 16.1. The molecule has 0 unspecified atom stereocenters. The molecule has 0 bridgehead atoms. The third-order valence-electron chi connectivity index (χ3n) is 4.73. The predicted octanol–water partition coefficient (Wildman–Crippen LogP) is 5.59. The summed E-state index contributed by atoms with van der Waals surface area (Å²) in [5, 5.41) is 0.970. The number of nitrogens with zero attached hydrogens (tertiary/aromatic N) is 1. The van der Waals surface area contributed by atoms with Gasteiger partial charge in [-0.3, -0.25) is 0 Å². The van der Waals surface area contributed by atoms with E-state index in [4.69, 9.17) is 13.6 Å². The molecular formula is C23H21NO4. The summed E-state index contributed by atoms with van der Waals surface area (Å²) in [6.45, 7) is 3.50. The van der Waals surface area contributed by atoms with Gasteiger partial charge in [0.25, 0.3) is 0 Å². The molecule has 1 aromatic carbocycles. The summed E-state index contributed by atoms with van der Waals surface area (Å²) in [4.78, 5) is 15.7. The molecule has 0 amide bonds. The molecule has 3 aromatic heterocycles. The van der Waals surface area contributed by atoms with Crippen molar-refractivity contribution in [3.8, 4) is 28.3 Å². The number of pyridine rings is 1. The minimum Gasteiger partial charge on any atom is -0.481 e. The molecule has 5 nitrogen and oxygen atoms in total. The summed E-state index contributed by atoms with van der Waals surface area (Å²) >= 11 is 0. The van der Waals surface area contributed by atoms with E-state index in [1.54, 1.807) is 20.2 Å². The zero-order valence-electron chi connectivity index (χ0n) is 16.1. The third-order valence-corrected chi connectivity index (χ3v) is 4.73. The van der Waals surface area contributed by atoms with Gasteiger partial charge in [-0.25, -0.2) is 4.98 Å². The molecule has 4 rings (SSSR count). The highest BCUT2D eigenvalue weighted by Gasteiger charge is 2.19. The van der Waals surface area contributed by atoms with Crippen molar-refractivity contribution in [2.75, 3.05) is 7.11 Å². The van der Waals surface area contributed by atoms with Gasteiger partial charge in [0, 0.05) is 30.5 Å². The van der Waals surface area contributed by atoms with Crippen LogP contribution in [0.15, 0.2) is 57.5 Å². The van der Waals surface area contributed by atoms with Crippen LogP contribution in [0.1, 0.15) is 24.9 Å². The fourth-order valence-electron chi connectivity index (χ4n) is 3.33. The van der Waals surface area contributed by atoms with Crippen LogP contribution in [0.2, 0.25) is 0 Å². The number of fused-ring (bicyclic) bond motifs is 1. The van der Waals surface area contributed by atoms with Gasteiger partial charge in [-0.05, 0) is 55.3 Å². The van der Waals surface area contributed by atoms with Gasteiger partial charge >= 0.3 is 0 Å². The summed E-state index contributed by atoms with van der Waals surface area (Å²) in [5.74, 6) is 3.05. The fourth-order valence-corrected chi connectivity index (χ4v) is 3.33. The first kappa shape index (κ1) is 18.0. The molecule has 28 heavy (non-hydrogen) atoms. The molecule has 0 aliphatic heterocycles. The van der Waals surface area contributed by atoms with E-state index in [0.29, 0.717) is 18.7 Å². The largest absolute Gasteiger partial charge is 0.481 e. The lowest BCUT2D eigenvalue weighted by Gasteiger charge is -2.04. The van der Waals surface area contributed by atoms with Crippen LogP contribution in [0.25, 0.3) is 33.4 Å². The van der Waals surface area contributed by atoms with Crippen molar-refractivity contribution < 1.29 is 18.4 Å². The number of benzene rings is 1. The highest BCUT2D eigenvalue weighted by molar-refractivity contribution is 5.96. The molecular weight excluding hydrogens is 354 g/mol. The second-order valence-electron chi connectivity index (χ2n) is 6.81. The molecule has 0 aliphatic carbocycles. The van der Waals surface area contributed by atoms with Gasteiger partial charge in [0.1, 0.15) is 28.6 Å². The van der Waals surface area contributed by atoms with Crippen molar-refractivity contribution in [1.82, 2.24) is 4.98 Å². The van der Waals surface area contributed by atoms with Crippen LogP contribution in [0.4, 0.5) is 0 Å². The van der Waals surface area contributed by atoms with E-state index < -0.39 is 0 Å². The topological polar surface area (TPSA) is 65.5 Å². The minimum absolute atomic E-state index is 0.131. The first-order chi connectivity index (χ1) is 13.5. The molecule has 0 fully saturated rings. The molecule has 0 saturated carbocycles. The van der Waals surface area contributed by atoms with Crippen molar-refractivity contribution in [2.45, 2.75) is 26.7 Å². The SMILES string of the molecule is COc1cc(-c2ccc3c(-c4ccc(C)o4)c(CCC(C)=O)oc3c2)ccn1. The van der Waals surface area contributed by atoms with Gasteiger partial charge in [-0.1, -0.05) is 6.07 Å². The highest BCUT2D eigenvalue weighted by Crippen LogP contribution is 2.38. The van der Waals surface area contributed by atoms with Crippen molar-refractivity contribution in [1.29, 1.82) is 0 Å². The van der Waals surface area contributed by atoms with E-state index in [-0.39, 0.29) is 5.78 Å². The average molecular weight is 375 g/mol. The average Bonchev–Trinajstić information content (AvgIpc) is 3.28. The number of aryl methyl sites for hydroxylation is 2. The maximum atomic E-state index is 11.5. The van der Waals surface area contributed by atoms with Crippen molar-refractivity contribution in [2.24, 2.45) is 0 Å². The number of carbonyl (C=O) groups excluding carboxylic acids is 1. The normalized spacial score (nSPS) is 11.1. The molecule has 0 radical (unpaired) electrons. The van der Waals surface area contributed by atoms with E-state index in [9.17, 15) is 4.79 Å². The van der Waals surface area contributed by atoms with Crippen LogP contribution < -0.4 is 4.74 Å². The Morgan fingerprint density at radius 3 is 2.61 bits per heavy atom. The van der Waals surface area contributed by atoms with Gasteiger partial charge in [0.2, 0.25) is 5.88 Å². The Labute approximate surface area is 163 Å². The van der Waals surface area contributed by atoms with Gasteiger partial charge in [-0.2, -0.15) is 0 Å². The second kappa shape index (κ2) is 7.35. The summed E-state index contributed by atoms with van der Waals surface area (Å²) in [7, 11) is 1.60. The first-order valence-corrected chi connectivity index (χ1v) is 9.17. The molecule has 5 heteroatoms. The van der Waals surface area contributed by atoms with Crippen LogP contribution in [0, 0.1) is 6.92 Å². The summed E-state index contributed by atoms with van der Waals surface area (Å²) in [6, 6.07) is 13.8. The van der Waals surface area contributed by atoms with Crippen molar-refractivity contribution >= 4 is 16.8 Å². The van der Waals surface area contributed by atoms with E-state index in [1.165, 1.54) is 0 Å². The van der Waals surface area contributed by atoms with Gasteiger partial charge in [0.05, 0.1) is 12.7 Å². The third kappa shape index (κ3) is 3.43. The number of Topliss-reactive ketones (excluding diaryl/α,β-unsaturated/α-hetero) is 1. The predicted molar refractivity (Wildman–Crippen MR) is 107 cm³/mol. The number of methoxy groups -OCH3 is 1. The number of furan rings is 2. The van der Waals surface area contributed by atoms with Crippen LogP contribution in [-0.2, 0) is 11.2 Å².